The van der Waals surface area contributed by atoms with Crippen molar-refractivity contribution in [1.82, 2.24) is 0 Å². The summed E-state index contributed by atoms with van der Waals surface area (Å²) in [5.41, 5.74) is 0. The molecule has 0 radical (unpaired) electrons. The van der Waals surface area contributed by atoms with E-state index in [1.54, 1.807) is 0 Å². The molecule has 0 aromatic carbocycles. The van der Waals surface area contributed by atoms with Crippen LogP contribution in [-0.2, 0) is 32.7 Å². The first kappa shape index (κ1) is 73.9. The molecule has 2 atom stereocenters. The molecule has 10 heteroatoms. The molecular weight excluding hydrogens is 990 g/mol. The first-order valence-electron chi connectivity index (χ1n) is 30.5. The topological polar surface area (TPSA) is 111 Å². The maximum atomic E-state index is 12.8. The van der Waals surface area contributed by atoms with Crippen molar-refractivity contribution in [3.8, 4) is 0 Å². The highest BCUT2D eigenvalue weighted by Gasteiger charge is 2.21. The summed E-state index contributed by atoms with van der Waals surface area (Å²) in [6.07, 6.45) is 84.7. The number of hydrogen-bond donors (Lipinski definition) is 0. The minimum atomic E-state index is -4.65. The number of ether oxygens (including phenoxy) is 2. The van der Waals surface area contributed by atoms with Crippen molar-refractivity contribution in [3.63, 3.8) is 0 Å². The number of allylic oxidation sites excluding steroid dienone is 24. The second kappa shape index (κ2) is 57.6. The maximum Gasteiger partial charge on any atom is 0.306 e. The summed E-state index contributed by atoms with van der Waals surface area (Å²) in [5, 5.41) is 0. The van der Waals surface area contributed by atoms with E-state index in [1.807, 2.05) is 21.1 Å². The van der Waals surface area contributed by atoms with Crippen molar-refractivity contribution in [1.29, 1.82) is 0 Å². The Morgan fingerprint density at radius 2 is 0.731 bits per heavy atom. The molecular formula is C68H112NO8P. The Morgan fingerprint density at radius 3 is 1.09 bits per heavy atom. The largest absolute Gasteiger partial charge is 0.756 e. The van der Waals surface area contributed by atoms with Gasteiger partial charge in [-0.15, -0.1) is 0 Å². The summed E-state index contributed by atoms with van der Waals surface area (Å²) < 4.78 is 34.1. The standard InChI is InChI=1S/C68H112NO8P/c1-6-8-10-12-14-16-18-20-22-23-24-25-26-27-28-29-30-31-32-33-34-35-36-37-38-39-40-41-42-43-44-45-47-49-51-53-55-57-59-61-68(71)77-66(65-76-78(72,73)75-63-62-69(3,4)5)64-74-67(70)60-58-56-54-52-50-48-46-21-19-17-15-13-11-9-7-2/h8,10,14-17,20-22,24-25,27-28,30-31,33-34,36-37,39-40,42-43,46,66H,6-7,9,11-13,18-19,23,26,29,32,35,38,41,44-45,47-65H2,1-5H3/b10-8-,16-14-,17-15-,22-20-,25-24-,28-27-,31-30-,34-33-,37-36-,40-39-,43-42-,46-21-. The van der Waals surface area contributed by atoms with Crippen LogP contribution in [-0.4, -0.2) is 70.0 Å². The average molecular weight is 1100 g/mol. The van der Waals surface area contributed by atoms with E-state index in [-0.39, 0.29) is 26.1 Å². The van der Waals surface area contributed by atoms with E-state index in [4.69, 9.17) is 18.5 Å². The molecule has 0 rings (SSSR count). The SMILES string of the molecule is CC/C=C\C/C=C\C/C=C\C/C=C\C/C=C\C/C=C\C/C=C\C/C=C\C/C=C\C/C=C\CCCCCCCCCCC(=O)OC(COC(=O)CCCCCCC/C=C\C/C=C\CCCCC)COP(=O)([O-])OCC[N+](C)(C)C. The average Bonchev–Trinajstić information content (AvgIpc) is 3.41. The Balaban J connectivity index is 4.15. The van der Waals surface area contributed by atoms with Crippen molar-refractivity contribution >= 4 is 19.8 Å². The van der Waals surface area contributed by atoms with E-state index in [0.717, 1.165) is 128 Å². The molecule has 0 aliphatic rings. The number of quaternary nitrogens is 1. The number of carbonyl (C=O) groups is 2. The van der Waals surface area contributed by atoms with E-state index in [9.17, 15) is 19.0 Å². The predicted octanol–water partition coefficient (Wildman–Crippen LogP) is 18.8. The van der Waals surface area contributed by atoms with Gasteiger partial charge in [-0.05, 0) is 122 Å². The van der Waals surface area contributed by atoms with E-state index < -0.39 is 32.5 Å². The molecule has 2 unspecified atom stereocenters. The van der Waals surface area contributed by atoms with Crippen molar-refractivity contribution in [2.24, 2.45) is 0 Å². The minimum absolute atomic E-state index is 0.0422. The number of phosphoric ester groups is 1. The molecule has 0 saturated carbocycles. The third-order valence-corrected chi connectivity index (χ3v) is 13.3. The van der Waals surface area contributed by atoms with Crippen molar-refractivity contribution in [2.75, 3.05) is 47.5 Å². The van der Waals surface area contributed by atoms with Gasteiger partial charge in [0.15, 0.2) is 6.10 Å². The fourth-order valence-electron chi connectivity index (χ4n) is 7.65. The Bertz CT molecular complexity index is 1820. The van der Waals surface area contributed by atoms with Gasteiger partial charge in [-0.2, -0.15) is 0 Å². The molecule has 0 aromatic rings. The van der Waals surface area contributed by atoms with E-state index in [1.165, 1.54) is 51.4 Å². The highest BCUT2D eigenvalue weighted by molar-refractivity contribution is 7.45. The predicted molar refractivity (Wildman–Crippen MR) is 332 cm³/mol. The number of rotatable bonds is 54. The first-order chi connectivity index (χ1) is 38.0. The van der Waals surface area contributed by atoms with Crippen molar-refractivity contribution in [2.45, 2.75) is 225 Å². The summed E-state index contributed by atoms with van der Waals surface area (Å²) >= 11 is 0. The van der Waals surface area contributed by atoms with Crippen LogP contribution in [0.25, 0.3) is 0 Å². The van der Waals surface area contributed by atoms with Gasteiger partial charge < -0.3 is 27.9 Å². The van der Waals surface area contributed by atoms with Crippen LogP contribution in [0.5, 0.6) is 0 Å². The molecule has 0 aromatic heterocycles. The fraction of sp³-hybridized carbons (Fsp3) is 0.618. The number of esters is 2. The lowest BCUT2D eigenvalue weighted by atomic mass is 10.1. The maximum absolute atomic E-state index is 12.8. The van der Waals surface area contributed by atoms with Crippen LogP contribution in [0.4, 0.5) is 0 Å². The smallest absolute Gasteiger partial charge is 0.306 e. The molecule has 0 amide bonds. The number of nitrogens with zero attached hydrogens (tertiary/aromatic N) is 1. The summed E-state index contributed by atoms with van der Waals surface area (Å²) in [7, 11) is 1.13. The van der Waals surface area contributed by atoms with Crippen LogP contribution in [0, 0.1) is 0 Å². The summed E-state index contributed by atoms with van der Waals surface area (Å²) in [6.45, 7) is 4.05. The third-order valence-electron chi connectivity index (χ3n) is 12.3. The summed E-state index contributed by atoms with van der Waals surface area (Å²) in [6, 6.07) is 0. The monoisotopic (exact) mass is 1100 g/mol. The molecule has 0 fully saturated rings. The Labute approximate surface area is 478 Å². The van der Waals surface area contributed by atoms with Gasteiger partial charge >= 0.3 is 11.9 Å². The van der Waals surface area contributed by atoms with Gasteiger partial charge in [0, 0.05) is 12.8 Å². The van der Waals surface area contributed by atoms with E-state index in [2.05, 4.69) is 160 Å². The molecule has 0 N–H and O–H groups in total. The molecule has 0 aliphatic carbocycles. The van der Waals surface area contributed by atoms with Gasteiger partial charge in [-0.3, -0.25) is 14.2 Å². The van der Waals surface area contributed by atoms with Gasteiger partial charge in [0.25, 0.3) is 7.82 Å². The summed E-state index contributed by atoms with van der Waals surface area (Å²) in [5.74, 6) is -0.869. The van der Waals surface area contributed by atoms with Gasteiger partial charge in [0.1, 0.15) is 19.8 Å². The van der Waals surface area contributed by atoms with Gasteiger partial charge in [-0.1, -0.05) is 230 Å². The second-order valence-corrected chi connectivity index (χ2v) is 22.4. The number of unbranched alkanes of at least 4 members (excludes halogenated alkanes) is 16. The van der Waals surface area contributed by atoms with Gasteiger partial charge in [0.2, 0.25) is 0 Å². The van der Waals surface area contributed by atoms with Crippen LogP contribution in [0.15, 0.2) is 146 Å². The van der Waals surface area contributed by atoms with Crippen LogP contribution in [0.3, 0.4) is 0 Å². The summed E-state index contributed by atoms with van der Waals surface area (Å²) in [4.78, 5) is 37.8. The first-order valence-corrected chi connectivity index (χ1v) is 32.0. The van der Waals surface area contributed by atoms with Crippen molar-refractivity contribution < 1.29 is 42.1 Å². The Kier molecular flexibility index (Phi) is 54.5. The lowest BCUT2D eigenvalue weighted by Gasteiger charge is -2.28. The molecule has 0 heterocycles. The fourth-order valence-corrected chi connectivity index (χ4v) is 8.38. The minimum Gasteiger partial charge on any atom is -0.756 e. The van der Waals surface area contributed by atoms with E-state index in [0.29, 0.717) is 23.9 Å². The highest BCUT2D eigenvalue weighted by Crippen LogP contribution is 2.38. The van der Waals surface area contributed by atoms with Crippen LogP contribution in [0.1, 0.15) is 219 Å². The molecule has 0 spiro atoms. The van der Waals surface area contributed by atoms with Gasteiger partial charge in [-0.25, -0.2) is 0 Å². The molecule has 0 saturated heterocycles. The van der Waals surface area contributed by atoms with Gasteiger partial charge in [0.05, 0.1) is 27.7 Å². The lowest BCUT2D eigenvalue weighted by molar-refractivity contribution is -0.870. The number of likely N-dealkylation sites (N-methyl/N-ethyl adjacent to an activating group) is 1. The number of hydrogen-bond acceptors (Lipinski definition) is 8. The molecule has 78 heavy (non-hydrogen) atoms. The number of phosphoric acid groups is 1. The highest BCUT2D eigenvalue weighted by atomic mass is 31.2. The zero-order valence-corrected chi connectivity index (χ0v) is 50.9. The zero-order valence-electron chi connectivity index (χ0n) is 50.1. The number of carbonyl (C=O) groups excluding carboxylic acids is 2. The van der Waals surface area contributed by atoms with Crippen LogP contribution in [0.2, 0.25) is 0 Å². The molecule has 0 bridgehead atoms. The Morgan fingerprint density at radius 1 is 0.410 bits per heavy atom. The molecule has 442 valence electrons. The quantitative estimate of drug-likeness (QED) is 0.0195. The normalized spacial score (nSPS) is 14.3. The van der Waals surface area contributed by atoms with Crippen LogP contribution >= 0.6 is 7.82 Å². The third kappa shape index (κ3) is 61.1. The van der Waals surface area contributed by atoms with E-state index >= 15 is 0 Å². The Hall–Kier alpha value is -4.11. The molecule has 9 nitrogen and oxygen atoms in total. The zero-order chi connectivity index (χ0) is 57.0. The molecule has 0 aliphatic heterocycles. The van der Waals surface area contributed by atoms with Crippen molar-refractivity contribution in [3.05, 3.63) is 146 Å². The second-order valence-electron chi connectivity index (χ2n) is 21.0. The lowest BCUT2D eigenvalue weighted by Crippen LogP contribution is -2.37. The van der Waals surface area contributed by atoms with Crippen LogP contribution < -0.4 is 4.89 Å².